The van der Waals surface area contributed by atoms with Crippen molar-refractivity contribution in [1.29, 1.82) is 0 Å². The Labute approximate surface area is 135 Å². The summed E-state index contributed by atoms with van der Waals surface area (Å²) < 4.78 is 9.29. The van der Waals surface area contributed by atoms with E-state index in [2.05, 4.69) is 4.74 Å². The first-order chi connectivity index (χ1) is 11.0. The number of carbonyl (C=O) groups is 2. The van der Waals surface area contributed by atoms with Gasteiger partial charge in [-0.3, -0.25) is 0 Å². The average molecular weight is 316 g/mol. The molecule has 0 unspecified atom stereocenters. The first-order valence-electron chi connectivity index (χ1n) is 6.95. The first kappa shape index (κ1) is 18.0. The van der Waals surface area contributed by atoms with Crippen molar-refractivity contribution in [3.05, 3.63) is 59.7 Å². The van der Waals surface area contributed by atoms with E-state index >= 15 is 0 Å². The van der Waals surface area contributed by atoms with Gasteiger partial charge in [-0.05, 0) is 31.2 Å². The van der Waals surface area contributed by atoms with Crippen LogP contribution in [0.2, 0.25) is 0 Å². The summed E-state index contributed by atoms with van der Waals surface area (Å²) in [5, 5.41) is 0. The maximum absolute atomic E-state index is 11.2. The number of carbonyl (C=O) groups excluding carboxylic acids is 2. The predicted molar refractivity (Wildman–Crippen MR) is 89.0 cm³/mol. The van der Waals surface area contributed by atoms with Crippen molar-refractivity contribution in [2.24, 2.45) is 0 Å². The molecule has 0 saturated heterocycles. The monoisotopic (exact) mass is 316 g/mol. The molecule has 0 aliphatic carbocycles. The Balaban J connectivity index is 0.000000231. The van der Waals surface area contributed by atoms with Crippen LogP contribution in [0.1, 0.15) is 27.6 Å². The SMILES string of the molecule is CCOC(=O)c1ccccc1N.COC(=O)c1ccccc1N. The number of nitrogen functional groups attached to an aromatic ring is 2. The van der Waals surface area contributed by atoms with Gasteiger partial charge in [-0.25, -0.2) is 9.59 Å². The van der Waals surface area contributed by atoms with E-state index in [4.69, 9.17) is 16.2 Å². The van der Waals surface area contributed by atoms with Crippen molar-refractivity contribution in [3.63, 3.8) is 0 Å². The molecule has 0 aliphatic rings. The largest absolute Gasteiger partial charge is 0.465 e. The maximum atomic E-state index is 11.2. The molecule has 6 nitrogen and oxygen atoms in total. The molecule has 2 rings (SSSR count). The Kier molecular flexibility index (Phi) is 7.13. The standard InChI is InChI=1S/C9H11NO2.C8H9NO2/c1-2-12-9(11)7-5-3-4-6-8(7)10;1-11-8(10)6-4-2-3-5-7(6)9/h3-6H,2,10H2,1H3;2-5H,9H2,1H3. The summed E-state index contributed by atoms with van der Waals surface area (Å²) in [6, 6.07) is 13.6. The molecule has 0 bridgehead atoms. The summed E-state index contributed by atoms with van der Waals surface area (Å²) in [4.78, 5) is 22.1. The lowest BCUT2D eigenvalue weighted by Gasteiger charge is -2.03. The molecule has 0 radical (unpaired) electrons. The molecule has 2 aromatic rings. The van der Waals surface area contributed by atoms with Crippen LogP contribution in [0, 0.1) is 0 Å². The van der Waals surface area contributed by atoms with Gasteiger partial charge < -0.3 is 20.9 Å². The van der Waals surface area contributed by atoms with Crippen LogP contribution >= 0.6 is 0 Å². The number of methoxy groups -OCH3 is 1. The number of ether oxygens (including phenoxy) is 2. The Bertz CT molecular complexity index is 671. The van der Waals surface area contributed by atoms with Crippen molar-refractivity contribution < 1.29 is 19.1 Å². The second kappa shape index (κ2) is 9.09. The second-order valence-corrected chi connectivity index (χ2v) is 4.39. The summed E-state index contributed by atoms with van der Waals surface area (Å²) in [6.45, 7) is 2.13. The molecule has 0 saturated carbocycles. The Morgan fingerprint density at radius 2 is 1.30 bits per heavy atom. The molecular formula is C17H20N2O4. The fourth-order valence-electron chi connectivity index (χ4n) is 1.68. The van der Waals surface area contributed by atoms with Crippen LogP contribution in [0.25, 0.3) is 0 Å². The lowest BCUT2D eigenvalue weighted by Crippen LogP contribution is -2.07. The predicted octanol–water partition coefficient (Wildman–Crippen LogP) is 2.50. The summed E-state index contributed by atoms with van der Waals surface area (Å²) in [6.07, 6.45) is 0. The van der Waals surface area contributed by atoms with Gasteiger partial charge in [0.1, 0.15) is 0 Å². The fraction of sp³-hybridized carbons (Fsp3) is 0.176. The van der Waals surface area contributed by atoms with Crippen LogP contribution in [0.4, 0.5) is 11.4 Å². The van der Waals surface area contributed by atoms with Crippen molar-refractivity contribution in [2.75, 3.05) is 25.2 Å². The van der Waals surface area contributed by atoms with Crippen LogP contribution < -0.4 is 11.5 Å². The number of esters is 2. The number of rotatable bonds is 3. The molecule has 0 spiro atoms. The van der Waals surface area contributed by atoms with E-state index < -0.39 is 5.97 Å². The van der Waals surface area contributed by atoms with Gasteiger partial charge in [0.05, 0.1) is 24.8 Å². The number of hydrogen-bond donors (Lipinski definition) is 2. The summed E-state index contributed by atoms with van der Waals surface area (Å²) in [5.74, 6) is -0.765. The van der Waals surface area contributed by atoms with E-state index in [1.54, 1.807) is 55.5 Å². The molecule has 0 aliphatic heterocycles. The minimum Gasteiger partial charge on any atom is -0.465 e. The highest BCUT2D eigenvalue weighted by Gasteiger charge is 2.08. The van der Waals surface area contributed by atoms with Gasteiger partial charge in [0.25, 0.3) is 0 Å². The number of anilines is 2. The molecule has 0 aromatic heterocycles. The van der Waals surface area contributed by atoms with Gasteiger partial charge >= 0.3 is 11.9 Å². The van der Waals surface area contributed by atoms with Gasteiger partial charge in [0.2, 0.25) is 0 Å². The van der Waals surface area contributed by atoms with Gasteiger partial charge in [-0.15, -0.1) is 0 Å². The van der Waals surface area contributed by atoms with E-state index in [1.807, 2.05) is 0 Å². The van der Waals surface area contributed by atoms with Crippen LogP contribution in [0.15, 0.2) is 48.5 Å². The Hall–Kier alpha value is -3.02. The average Bonchev–Trinajstić information content (AvgIpc) is 2.56. The maximum Gasteiger partial charge on any atom is 0.340 e. The minimum atomic E-state index is -0.400. The Morgan fingerprint density at radius 3 is 1.70 bits per heavy atom. The number of hydrogen-bond acceptors (Lipinski definition) is 6. The second-order valence-electron chi connectivity index (χ2n) is 4.39. The molecular weight excluding hydrogens is 296 g/mol. The number of para-hydroxylation sites is 2. The molecule has 4 N–H and O–H groups in total. The zero-order chi connectivity index (χ0) is 17.2. The van der Waals surface area contributed by atoms with E-state index in [9.17, 15) is 9.59 Å². The molecule has 0 amide bonds. The van der Waals surface area contributed by atoms with Crippen molar-refractivity contribution >= 4 is 23.3 Å². The first-order valence-corrected chi connectivity index (χ1v) is 6.95. The summed E-state index contributed by atoms with van der Waals surface area (Å²) in [7, 11) is 1.33. The van der Waals surface area contributed by atoms with Crippen LogP contribution in [0.3, 0.4) is 0 Å². The van der Waals surface area contributed by atoms with Crippen molar-refractivity contribution in [3.8, 4) is 0 Å². The molecule has 0 fully saturated rings. The summed E-state index contributed by atoms with van der Waals surface area (Å²) >= 11 is 0. The third-order valence-electron chi connectivity index (χ3n) is 2.82. The quantitative estimate of drug-likeness (QED) is 0.666. The van der Waals surface area contributed by atoms with Crippen molar-refractivity contribution in [1.82, 2.24) is 0 Å². The zero-order valence-electron chi connectivity index (χ0n) is 13.1. The lowest BCUT2D eigenvalue weighted by atomic mass is 10.2. The topological polar surface area (TPSA) is 105 Å². The smallest absolute Gasteiger partial charge is 0.340 e. The highest BCUT2D eigenvalue weighted by Crippen LogP contribution is 2.11. The lowest BCUT2D eigenvalue weighted by molar-refractivity contribution is 0.0526. The van der Waals surface area contributed by atoms with E-state index in [1.165, 1.54) is 7.11 Å². The van der Waals surface area contributed by atoms with Crippen molar-refractivity contribution in [2.45, 2.75) is 6.92 Å². The van der Waals surface area contributed by atoms with E-state index in [0.29, 0.717) is 29.1 Å². The van der Waals surface area contributed by atoms with Crippen LogP contribution in [0.5, 0.6) is 0 Å². The highest BCUT2D eigenvalue weighted by atomic mass is 16.5. The van der Waals surface area contributed by atoms with Crippen LogP contribution in [-0.2, 0) is 9.47 Å². The van der Waals surface area contributed by atoms with Gasteiger partial charge in [0.15, 0.2) is 0 Å². The van der Waals surface area contributed by atoms with Gasteiger partial charge in [-0.1, -0.05) is 24.3 Å². The zero-order valence-corrected chi connectivity index (χ0v) is 13.1. The highest BCUT2D eigenvalue weighted by molar-refractivity contribution is 5.95. The molecule has 122 valence electrons. The van der Waals surface area contributed by atoms with Crippen LogP contribution in [-0.4, -0.2) is 25.7 Å². The Morgan fingerprint density at radius 1 is 0.870 bits per heavy atom. The van der Waals surface area contributed by atoms with E-state index in [-0.39, 0.29) is 5.97 Å². The third-order valence-corrected chi connectivity index (χ3v) is 2.82. The normalized spacial score (nSPS) is 9.30. The fourth-order valence-corrected chi connectivity index (χ4v) is 1.68. The van der Waals surface area contributed by atoms with E-state index in [0.717, 1.165) is 0 Å². The molecule has 2 aromatic carbocycles. The number of benzene rings is 2. The minimum absolute atomic E-state index is 0.365. The number of nitrogens with two attached hydrogens (primary N) is 2. The molecule has 0 heterocycles. The molecule has 23 heavy (non-hydrogen) atoms. The van der Waals surface area contributed by atoms with Gasteiger partial charge in [0, 0.05) is 11.4 Å². The molecule has 0 atom stereocenters. The van der Waals surface area contributed by atoms with Gasteiger partial charge in [-0.2, -0.15) is 0 Å². The summed E-state index contributed by atoms with van der Waals surface area (Å²) in [5.41, 5.74) is 12.8. The third kappa shape index (κ3) is 5.35. The molecule has 6 heteroatoms.